The average molecular weight is 191 g/mol. The molecule has 1 heterocycles. The van der Waals surface area contributed by atoms with E-state index in [4.69, 9.17) is 9.15 Å². The van der Waals surface area contributed by atoms with E-state index in [-0.39, 0.29) is 5.97 Å². The number of ether oxygens (including phenoxy) is 1. The number of esters is 1. The second-order valence-corrected chi connectivity index (χ2v) is 2.93. The van der Waals surface area contributed by atoms with Crippen molar-refractivity contribution in [1.29, 1.82) is 0 Å². The van der Waals surface area contributed by atoms with Crippen LogP contribution in [0.25, 0.3) is 11.1 Å². The molecule has 0 aliphatic heterocycles. The minimum atomic E-state index is -0.363. The highest BCUT2D eigenvalue weighted by molar-refractivity contribution is 5.83. The van der Waals surface area contributed by atoms with Crippen molar-refractivity contribution in [2.75, 3.05) is 0 Å². The maximum Gasteiger partial charge on any atom is 0.308 e. The largest absolute Gasteiger partial charge is 0.441 e. The first-order chi connectivity index (χ1) is 6.66. The van der Waals surface area contributed by atoms with Crippen LogP contribution in [-0.2, 0) is 4.79 Å². The van der Waals surface area contributed by atoms with Crippen molar-refractivity contribution in [3.05, 3.63) is 24.1 Å². The standard InChI is InChI=1S/C10H9NO3/c1-6-11-10-8(13-6)4-3-5-9(10)14-7(2)12/h3-5H,1-2H3. The molecule has 0 spiro atoms. The van der Waals surface area contributed by atoms with Gasteiger partial charge in [0.25, 0.3) is 0 Å². The van der Waals surface area contributed by atoms with Crippen LogP contribution in [0.4, 0.5) is 0 Å². The van der Waals surface area contributed by atoms with Crippen molar-refractivity contribution < 1.29 is 13.9 Å². The summed E-state index contributed by atoms with van der Waals surface area (Å²) >= 11 is 0. The molecule has 0 aliphatic rings. The lowest BCUT2D eigenvalue weighted by Gasteiger charge is -1.99. The van der Waals surface area contributed by atoms with E-state index in [1.54, 1.807) is 25.1 Å². The second-order valence-electron chi connectivity index (χ2n) is 2.93. The quantitative estimate of drug-likeness (QED) is 0.511. The zero-order valence-electron chi connectivity index (χ0n) is 7.90. The Morgan fingerprint density at radius 3 is 3.00 bits per heavy atom. The van der Waals surface area contributed by atoms with Crippen LogP contribution in [0.5, 0.6) is 5.75 Å². The van der Waals surface area contributed by atoms with Gasteiger partial charge in [-0.15, -0.1) is 0 Å². The third-order valence-corrected chi connectivity index (χ3v) is 1.74. The Bertz CT molecular complexity index is 487. The Kier molecular flexibility index (Phi) is 1.96. The fourth-order valence-corrected chi connectivity index (χ4v) is 1.27. The summed E-state index contributed by atoms with van der Waals surface area (Å²) in [5.74, 6) is 0.629. The molecule has 2 rings (SSSR count). The first-order valence-corrected chi connectivity index (χ1v) is 4.21. The van der Waals surface area contributed by atoms with E-state index in [0.717, 1.165) is 0 Å². The number of carbonyl (C=O) groups excluding carboxylic acids is 1. The summed E-state index contributed by atoms with van der Waals surface area (Å²) in [6.45, 7) is 3.10. The van der Waals surface area contributed by atoms with Crippen molar-refractivity contribution in [1.82, 2.24) is 4.98 Å². The average Bonchev–Trinajstić information content (AvgIpc) is 2.45. The zero-order valence-corrected chi connectivity index (χ0v) is 7.90. The zero-order chi connectivity index (χ0) is 10.1. The van der Waals surface area contributed by atoms with Crippen LogP contribution in [0, 0.1) is 6.92 Å². The van der Waals surface area contributed by atoms with Gasteiger partial charge in [-0.2, -0.15) is 0 Å². The van der Waals surface area contributed by atoms with Gasteiger partial charge in [-0.25, -0.2) is 4.98 Å². The maximum atomic E-state index is 10.8. The number of rotatable bonds is 1. The van der Waals surface area contributed by atoms with Crippen LogP contribution in [0.1, 0.15) is 12.8 Å². The van der Waals surface area contributed by atoms with E-state index in [1.807, 2.05) is 0 Å². The molecule has 0 bridgehead atoms. The third kappa shape index (κ3) is 1.46. The van der Waals surface area contributed by atoms with Crippen LogP contribution < -0.4 is 4.74 Å². The Labute approximate surface area is 80.5 Å². The molecule has 0 atom stereocenters. The van der Waals surface area contributed by atoms with E-state index >= 15 is 0 Å². The Hall–Kier alpha value is -1.84. The minimum Gasteiger partial charge on any atom is -0.441 e. The van der Waals surface area contributed by atoms with Crippen molar-refractivity contribution in [2.45, 2.75) is 13.8 Å². The second kappa shape index (κ2) is 3.14. The molecule has 0 amide bonds. The molecule has 4 heteroatoms. The normalized spacial score (nSPS) is 10.4. The molecule has 1 aromatic heterocycles. The highest BCUT2D eigenvalue weighted by atomic mass is 16.5. The molecule has 0 N–H and O–H groups in total. The predicted molar refractivity (Wildman–Crippen MR) is 50.1 cm³/mol. The molecule has 1 aromatic carbocycles. The predicted octanol–water partition coefficient (Wildman–Crippen LogP) is 2.06. The molecular weight excluding hydrogens is 182 g/mol. The number of fused-ring (bicyclic) bond motifs is 1. The lowest BCUT2D eigenvalue weighted by molar-refractivity contribution is -0.131. The highest BCUT2D eigenvalue weighted by Gasteiger charge is 2.09. The van der Waals surface area contributed by atoms with Crippen molar-refractivity contribution in [3.8, 4) is 5.75 Å². The third-order valence-electron chi connectivity index (χ3n) is 1.74. The Morgan fingerprint density at radius 2 is 2.29 bits per heavy atom. The summed E-state index contributed by atoms with van der Waals surface area (Å²) in [6, 6.07) is 5.22. The number of aromatic nitrogens is 1. The number of para-hydroxylation sites is 1. The number of benzene rings is 1. The van der Waals surface area contributed by atoms with Gasteiger partial charge in [-0.3, -0.25) is 4.79 Å². The van der Waals surface area contributed by atoms with Gasteiger partial charge in [0.15, 0.2) is 22.7 Å². The molecule has 0 unspecified atom stereocenters. The monoisotopic (exact) mass is 191 g/mol. The van der Waals surface area contributed by atoms with Crippen molar-refractivity contribution >= 4 is 17.1 Å². The minimum absolute atomic E-state index is 0.363. The Balaban J connectivity index is 2.58. The number of oxazole rings is 1. The van der Waals surface area contributed by atoms with Crippen molar-refractivity contribution in [2.24, 2.45) is 0 Å². The molecular formula is C10H9NO3. The summed E-state index contributed by atoms with van der Waals surface area (Å²) in [4.78, 5) is 14.9. The van der Waals surface area contributed by atoms with Gasteiger partial charge in [0.2, 0.25) is 0 Å². The lowest BCUT2D eigenvalue weighted by atomic mass is 10.3. The molecule has 2 aromatic rings. The van der Waals surface area contributed by atoms with Gasteiger partial charge in [-0.05, 0) is 12.1 Å². The van der Waals surface area contributed by atoms with Gasteiger partial charge >= 0.3 is 5.97 Å². The summed E-state index contributed by atoms with van der Waals surface area (Å²) < 4.78 is 10.3. The summed E-state index contributed by atoms with van der Waals surface area (Å²) in [5.41, 5.74) is 1.21. The topological polar surface area (TPSA) is 52.3 Å². The van der Waals surface area contributed by atoms with E-state index < -0.39 is 0 Å². The molecule has 4 nitrogen and oxygen atoms in total. The first-order valence-electron chi connectivity index (χ1n) is 4.21. The van der Waals surface area contributed by atoms with E-state index in [0.29, 0.717) is 22.7 Å². The fraction of sp³-hybridized carbons (Fsp3) is 0.200. The van der Waals surface area contributed by atoms with Crippen LogP contribution in [-0.4, -0.2) is 11.0 Å². The van der Waals surface area contributed by atoms with Crippen molar-refractivity contribution in [3.63, 3.8) is 0 Å². The van der Waals surface area contributed by atoms with E-state index in [9.17, 15) is 4.79 Å². The van der Waals surface area contributed by atoms with Gasteiger partial charge in [0.1, 0.15) is 0 Å². The van der Waals surface area contributed by atoms with Gasteiger partial charge in [-0.1, -0.05) is 6.07 Å². The molecule has 0 radical (unpaired) electrons. The van der Waals surface area contributed by atoms with E-state index in [1.165, 1.54) is 6.92 Å². The van der Waals surface area contributed by atoms with Gasteiger partial charge < -0.3 is 9.15 Å². The number of carbonyl (C=O) groups is 1. The van der Waals surface area contributed by atoms with E-state index in [2.05, 4.69) is 4.98 Å². The number of hydrogen-bond donors (Lipinski definition) is 0. The molecule has 0 saturated heterocycles. The van der Waals surface area contributed by atoms with Crippen LogP contribution >= 0.6 is 0 Å². The molecule has 0 aliphatic carbocycles. The summed E-state index contributed by atoms with van der Waals surface area (Å²) in [7, 11) is 0. The molecule has 0 fully saturated rings. The summed E-state index contributed by atoms with van der Waals surface area (Å²) in [5, 5.41) is 0. The number of nitrogens with zero attached hydrogens (tertiary/aromatic N) is 1. The smallest absolute Gasteiger partial charge is 0.308 e. The van der Waals surface area contributed by atoms with Gasteiger partial charge in [0.05, 0.1) is 0 Å². The van der Waals surface area contributed by atoms with Crippen LogP contribution in [0.15, 0.2) is 22.6 Å². The lowest BCUT2D eigenvalue weighted by Crippen LogP contribution is -2.01. The fourth-order valence-electron chi connectivity index (χ4n) is 1.27. The number of aryl methyl sites for hydroxylation is 1. The van der Waals surface area contributed by atoms with Crippen LogP contribution in [0.2, 0.25) is 0 Å². The first kappa shape index (κ1) is 8.74. The molecule has 0 saturated carbocycles. The number of hydrogen-bond acceptors (Lipinski definition) is 4. The van der Waals surface area contributed by atoms with Gasteiger partial charge in [0, 0.05) is 13.8 Å². The SMILES string of the molecule is CC(=O)Oc1cccc2oc(C)nc12. The van der Waals surface area contributed by atoms with Crippen LogP contribution in [0.3, 0.4) is 0 Å². The summed E-state index contributed by atoms with van der Waals surface area (Å²) in [6.07, 6.45) is 0. The maximum absolute atomic E-state index is 10.8. The Morgan fingerprint density at radius 1 is 1.50 bits per heavy atom. The molecule has 72 valence electrons. The highest BCUT2D eigenvalue weighted by Crippen LogP contribution is 2.25. The molecule has 14 heavy (non-hydrogen) atoms.